The van der Waals surface area contributed by atoms with E-state index in [9.17, 15) is 22.4 Å². The molecule has 11 heteroatoms. The normalized spacial score (nSPS) is 16.4. The molecular formula is C22H24F4N6O. The molecule has 1 atom stereocenters. The van der Waals surface area contributed by atoms with Crippen LogP contribution in [0.5, 0.6) is 0 Å². The van der Waals surface area contributed by atoms with Crippen molar-refractivity contribution in [3.05, 3.63) is 53.6 Å². The number of aromatic nitrogens is 4. The number of benzene rings is 1. The van der Waals surface area contributed by atoms with Crippen molar-refractivity contribution in [1.82, 2.24) is 25.1 Å². The molecule has 1 aromatic carbocycles. The van der Waals surface area contributed by atoms with Gasteiger partial charge in [-0.2, -0.15) is 17.7 Å². The summed E-state index contributed by atoms with van der Waals surface area (Å²) in [6, 6.07) is 8.90. The Kier molecular flexibility index (Phi) is 6.22. The van der Waals surface area contributed by atoms with Crippen molar-refractivity contribution in [3.63, 3.8) is 0 Å². The summed E-state index contributed by atoms with van der Waals surface area (Å²) >= 11 is 0. The highest BCUT2D eigenvalue weighted by atomic mass is 19.4. The molecule has 7 nitrogen and oxygen atoms in total. The minimum absolute atomic E-state index is 0.0147. The number of piperidine rings is 1. The van der Waals surface area contributed by atoms with Gasteiger partial charge < -0.3 is 10.2 Å². The van der Waals surface area contributed by atoms with E-state index in [0.29, 0.717) is 36.3 Å². The Labute approximate surface area is 187 Å². The topological polar surface area (TPSA) is 75.4 Å². The molecule has 1 aliphatic heterocycles. The third kappa shape index (κ3) is 4.91. The van der Waals surface area contributed by atoms with Gasteiger partial charge in [0, 0.05) is 19.0 Å². The Bertz CT molecular complexity index is 1120. The second kappa shape index (κ2) is 8.95. The Morgan fingerprint density at radius 2 is 1.73 bits per heavy atom. The summed E-state index contributed by atoms with van der Waals surface area (Å²) < 4.78 is 53.4. The van der Waals surface area contributed by atoms with Crippen molar-refractivity contribution in [2.75, 3.05) is 18.0 Å². The molecule has 0 radical (unpaired) electrons. The fourth-order valence-electron chi connectivity index (χ4n) is 4.07. The number of hydrogen-bond donors (Lipinski definition) is 1. The van der Waals surface area contributed by atoms with Gasteiger partial charge in [0.15, 0.2) is 5.65 Å². The zero-order valence-electron chi connectivity index (χ0n) is 18.2. The average molecular weight is 464 g/mol. The summed E-state index contributed by atoms with van der Waals surface area (Å²) in [4.78, 5) is 14.8. The third-order valence-electron chi connectivity index (χ3n) is 5.89. The number of alkyl halides is 3. The van der Waals surface area contributed by atoms with Crippen LogP contribution >= 0.6 is 0 Å². The van der Waals surface area contributed by atoms with Crippen LogP contribution in [0.15, 0.2) is 36.4 Å². The van der Waals surface area contributed by atoms with Gasteiger partial charge in [0.2, 0.25) is 5.91 Å². The van der Waals surface area contributed by atoms with Crippen LogP contribution < -0.4 is 10.2 Å². The number of rotatable bonds is 5. The molecule has 1 unspecified atom stereocenters. The summed E-state index contributed by atoms with van der Waals surface area (Å²) in [7, 11) is 0. The maximum absolute atomic E-state index is 13.3. The number of fused-ring (bicyclic) bond motifs is 1. The van der Waals surface area contributed by atoms with Crippen LogP contribution in [0.25, 0.3) is 5.65 Å². The molecule has 0 bridgehead atoms. The van der Waals surface area contributed by atoms with Crippen molar-refractivity contribution in [2.24, 2.45) is 11.8 Å². The monoisotopic (exact) mass is 464 g/mol. The number of hydrogen-bond acceptors (Lipinski definition) is 5. The van der Waals surface area contributed by atoms with E-state index >= 15 is 0 Å². The van der Waals surface area contributed by atoms with Gasteiger partial charge in [0.05, 0.1) is 6.04 Å². The number of nitrogens with one attached hydrogen (secondary N) is 1. The fraction of sp³-hybridized carbons (Fsp3) is 0.455. The lowest BCUT2D eigenvalue weighted by molar-refractivity contribution is -0.146. The SMILES string of the molecule is CC(C)C(NC(=O)C1CCN(c2ccc3nnc(C(F)(F)F)n3n2)CC1)c1ccc(F)cc1. The van der Waals surface area contributed by atoms with E-state index in [0.717, 1.165) is 5.56 Å². The summed E-state index contributed by atoms with van der Waals surface area (Å²) in [5, 5.41) is 13.9. The minimum atomic E-state index is -4.66. The van der Waals surface area contributed by atoms with Gasteiger partial charge in [-0.05, 0) is 48.6 Å². The first-order chi connectivity index (χ1) is 15.6. The lowest BCUT2D eigenvalue weighted by Gasteiger charge is -2.33. The fourth-order valence-corrected chi connectivity index (χ4v) is 4.07. The molecule has 1 fully saturated rings. The van der Waals surface area contributed by atoms with Crippen molar-refractivity contribution in [2.45, 2.75) is 38.9 Å². The van der Waals surface area contributed by atoms with E-state index in [1.807, 2.05) is 18.7 Å². The van der Waals surface area contributed by atoms with Crippen LogP contribution in [0.4, 0.5) is 23.4 Å². The highest BCUT2D eigenvalue weighted by molar-refractivity contribution is 5.79. The number of carbonyl (C=O) groups is 1. The van der Waals surface area contributed by atoms with Gasteiger partial charge in [-0.1, -0.05) is 26.0 Å². The number of anilines is 1. The minimum Gasteiger partial charge on any atom is -0.355 e. The van der Waals surface area contributed by atoms with Crippen LogP contribution in [-0.2, 0) is 11.0 Å². The van der Waals surface area contributed by atoms with Crippen molar-refractivity contribution in [3.8, 4) is 0 Å². The van der Waals surface area contributed by atoms with Crippen LogP contribution in [0.1, 0.15) is 44.1 Å². The number of carbonyl (C=O) groups excluding carboxylic acids is 1. The highest BCUT2D eigenvalue weighted by Crippen LogP contribution is 2.29. The van der Waals surface area contributed by atoms with Crippen molar-refractivity contribution >= 4 is 17.4 Å². The summed E-state index contributed by atoms with van der Waals surface area (Å²) in [6.07, 6.45) is -3.59. The van der Waals surface area contributed by atoms with E-state index in [-0.39, 0.29) is 35.2 Å². The molecule has 3 heterocycles. The summed E-state index contributed by atoms with van der Waals surface area (Å²) in [5.74, 6) is -1.33. The predicted molar refractivity (Wildman–Crippen MR) is 113 cm³/mol. The summed E-state index contributed by atoms with van der Waals surface area (Å²) in [6.45, 7) is 4.92. The largest absolute Gasteiger partial charge is 0.453 e. The lowest BCUT2D eigenvalue weighted by Crippen LogP contribution is -2.42. The molecule has 4 rings (SSSR count). The standard InChI is InChI=1S/C22H24F4N6O/c1-13(2)19(14-3-5-16(23)6-4-14)27-20(33)15-9-11-31(12-10-15)18-8-7-17-28-29-21(22(24,25)26)32(17)30-18/h3-8,13,15,19H,9-12H2,1-2H3,(H,27,33). The van der Waals surface area contributed by atoms with Crippen LogP contribution in [0, 0.1) is 17.7 Å². The number of halogens is 4. The third-order valence-corrected chi connectivity index (χ3v) is 5.89. The Balaban J connectivity index is 1.42. The average Bonchev–Trinajstić information content (AvgIpc) is 3.22. The maximum atomic E-state index is 13.3. The first-order valence-electron chi connectivity index (χ1n) is 10.7. The van der Waals surface area contributed by atoms with Gasteiger partial charge in [0.1, 0.15) is 11.6 Å². The molecular weight excluding hydrogens is 440 g/mol. The molecule has 2 aromatic heterocycles. The van der Waals surface area contributed by atoms with Gasteiger partial charge in [-0.3, -0.25) is 4.79 Å². The van der Waals surface area contributed by atoms with Crippen LogP contribution in [0.2, 0.25) is 0 Å². The predicted octanol–water partition coefficient (Wildman–Crippen LogP) is 4.01. The molecule has 1 N–H and O–H groups in total. The van der Waals surface area contributed by atoms with Gasteiger partial charge in [-0.15, -0.1) is 15.3 Å². The number of amides is 1. The zero-order chi connectivity index (χ0) is 23.8. The number of nitrogens with zero attached hydrogens (tertiary/aromatic N) is 5. The maximum Gasteiger partial charge on any atom is 0.453 e. The Morgan fingerprint density at radius 1 is 1.06 bits per heavy atom. The molecule has 1 saturated heterocycles. The van der Waals surface area contributed by atoms with E-state index in [2.05, 4.69) is 20.6 Å². The molecule has 1 amide bonds. The van der Waals surface area contributed by atoms with Crippen LogP contribution in [-0.4, -0.2) is 38.8 Å². The molecule has 1 aliphatic rings. The highest BCUT2D eigenvalue weighted by Gasteiger charge is 2.38. The Morgan fingerprint density at radius 3 is 2.33 bits per heavy atom. The molecule has 0 saturated carbocycles. The van der Waals surface area contributed by atoms with E-state index in [1.165, 1.54) is 18.2 Å². The second-order valence-electron chi connectivity index (χ2n) is 8.53. The molecule has 3 aromatic rings. The smallest absolute Gasteiger partial charge is 0.355 e. The van der Waals surface area contributed by atoms with E-state index < -0.39 is 12.0 Å². The molecule has 176 valence electrons. The molecule has 0 aliphatic carbocycles. The van der Waals surface area contributed by atoms with Crippen LogP contribution in [0.3, 0.4) is 0 Å². The van der Waals surface area contributed by atoms with Crippen molar-refractivity contribution < 1.29 is 22.4 Å². The van der Waals surface area contributed by atoms with Gasteiger partial charge in [0.25, 0.3) is 5.82 Å². The van der Waals surface area contributed by atoms with Gasteiger partial charge in [-0.25, -0.2) is 4.39 Å². The quantitative estimate of drug-likeness (QED) is 0.578. The van der Waals surface area contributed by atoms with E-state index in [1.54, 1.807) is 18.2 Å². The second-order valence-corrected chi connectivity index (χ2v) is 8.53. The first-order valence-corrected chi connectivity index (χ1v) is 10.7. The molecule has 33 heavy (non-hydrogen) atoms. The van der Waals surface area contributed by atoms with E-state index in [4.69, 9.17) is 0 Å². The van der Waals surface area contributed by atoms with Gasteiger partial charge >= 0.3 is 6.18 Å². The lowest BCUT2D eigenvalue weighted by atomic mass is 9.92. The first kappa shape index (κ1) is 22.9. The zero-order valence-corrected chi connectivity index (χ0v) is 18.2. The Hall–Kier alpha value is -3.24. The summed E-state index contributed by atoms with van der Waals surface area (Å²) in [5.41, 5.74) is 0.852. The molecule has 0 spiro atoms. The van der Waals surface area contributed by atoms with Crippen molar-refractivity contribution in [1.29, 1.82) is 0 Å².